The number of hydrogen-bond acceptors (Lipinski definition) is 6. The summed E-state index contributed by atoms with van der Waals surface area (Å²) >= 11 is 0. The summed E-state index contributed by atoms with van der Waals surface area (Å²) in [6, 6.07) is 14.6. The fourth-order valence-corrected chi connectivity index (χ4v) is 3.15. The maximum atomic E-state index is 13.0. The predicted octanol–water partition coefficient (Wildman–Crippen LogP) is 3.62. The fraction of sp³-hybridized carbons (Fsp3) is 0.304. The van der Waals surface area contributed by atoms with Gasteiger partial charge < -0.3 is 10.1 Å². The van der Waals surface area contributed by atoms with Gasteiger partial charge in [0.1, 0.15) is 0 Å². The summed E-state index contributed by atoms with van der Waals surface area (Å²) in [7, 11) is 0. The zero-order chi connectivity index (χ0) is 22.2. The molecule has 0 aliphatic heterocycles. The molecule has 0 fully saturated rings. The van der Waals surface area contributed by atoms with Gasteiger partial charge in [-0.15, -0.1) is 0 Å². The van der Waals surface area contributed by atoms with Crippen molar-refractivity contribution in [1.29, 1.82) is 0 Å². The molecule has 1 heterocycles. The number of carbonyl (C=O) groups is 1. The Balaban J connectivity index is 1.90. The van der Waals surface area contributed by atoms with Gasteiger partial charge in [0.2, 0.25) is 11.9 Å². The zero-order valence-electron chi connectivity index (χ0n) is 18.0. The number of nitrogens with one attached hydrogen (secondary N) is 2. The largest absolute Gasteiger partial charge is 0.382 e. The second-order valence-electron chi connectivity index (χ2n) is 7.03. The first-order chi connectivity index (χ1) is 15.0. The highest BCUT2D eigenvalue weighted by Gasteiger charge is 2.11. The highest BCUT2D eigenvalue weighted by Crippen LogP contribution is 2.14. The Labute approximate surface area is 181 Å². The molecule has 1 aromatic heterocycles. The first-order valence-corrected chi connectivity index (χ1v) is 10.2. The highest BCUT2D eigenvalue weighted by atomic mass is 16.5. The third-order valence-corrected chi connectivity index (χ3v) is 4.66. The lowest BCUT2D eigenvalue weighted by Gasteiger charge is -2.13. The molecule has 0 radical (unpaired) electrons. The van der Waals surface area contributed by atoms with Crippen LogP contribution in [0.15, 0.2) is 58.4 Å². The Bertz CT molecular complexity index is 1150. The van der Waals surface area contributed by atoms with E-state index in [4.69, 9.17) is 4.74 Å². The summed E-state index contributed by atoms with van der Waals surface area (Å²) in [6.45, 7) is 6.91. The molecule has 8 nitrogen and oxygen atoms in total. The van der Waals surface area contributed by atoms with Crippen molar-refractivity contribution in [2.45, 2.75) is 33.7 Å². The maximum Gasteiger partial charge on any atom is 0.262 e. The smallest absolute Gasteiger partial charge is 0.262 e. The first-order valence-electron chi connectivity index (χ1n) is 10.2. The molecule has 2 N–H and O–H groups in total. The Morgan fingerprint density at radius 2 is 1.97 bits per heavy atom. The summed E-state index contributed by atoms with van der Waals surface area (Å²) in [5, 5.41) is 7.76. The van der Waals surface area contributed by atoms with Gasteiger partial charge in [0, 0.05) is 32.4 Å². The van der Waals surface area contributed by atoms with Gasteiger partial charge in [-0.3, -0.25) is 14.2 Å². The number of nitrogens with zero attached hydrogens (tertiary/aromatic N) is 3. The van der Waals surface area contributed by atoms with E-state index >= 15 is 0 Å². The van der Waals surface area contributed by atoms with Gasteiger partial charge >= 0.3 is 0 Å². The Hall–Kier alpha value is -3.52. The predicted molar refractivity (Wildman–Crippen MR) is 124 cm³/mol. The van der Waals surface area contributed by atoms with Crippen LogP contribution in [0.1, 0.15) is 32.8 Å². The van der Waals surface area contributed by atoms with E-state index in [0.29, 0.717) is 54.4 Å². The molecule has 0 saturated heterocycles. The van der Waals surface area contributed by atoms with Crippen LogP contribution in [-0.2, 0) is 16.1 Å². The number of rotatable bonds is 9. The number of ether oxygens (including phenoxy) is 1. The molecule has 3 rings (SSSR count). The van der Waals surface area contributed by atoms with Crippen molar-refractivity contribution in [3.8, 4) is 0 Å². The minimum Gasteiger partial charge on any atom is -0.382 e. The van der Waals surface area contributed by atoms with Gasteiger partial charge in [0.05, 0.1) is 16.6 Å². The molecule has 162 valence electrons. The molecule has 0 unspecified atom stereocenters. The summed E-state index contributed by atoms with van der Waals surface area (Å²) in [5.74, 6) is 0.235. The number of benzene rings is 2. The van der Waals surface area contributed by atoms with E-state index in [2.05, 4.69) is 20.8 Å². The number of anilines is 2. The van der Waals surface area contributed by atoms with Gasteiger partial charge in [-0.05, 0) is 50.1 Å². The SMILES string of the molecule is CCOCCCn1c(N/N=C(/C)c2cccc(NC(C)=O)c2)nc2ccccc2c1=O. The van der Waals surface area contributed by atoms with Crippen molar-refractivity contribution < 1.29 is 9.53 Å². The van der Waals surface area contributed by atoms with Crippen molar-refractivity contribution in [3.63, 3.8) is 0 Å². The zero-order valence-corrected chi connectivity index (χ0v) is 18.0. The molecule has 2 aromatic carbocycles. The van der Waals surface area contributed by atoms with Gasteiger partial charge in [0.15, 0.2) is 0 Å². The fourth-order valence-electron chi connectivity index (χ4n) is 3.15. The van der Waals surface area contributed by atoms with Gasteiger partial charge in [-0.1, -0.05) is 24.3 Å². The van der Waals surface area contributed by atoms with Crippen molar-refractivity contribution in [3.05, 3.63) is 64.4 Å². The van der Waals surface area contributed by atoms with Crippen LogP contribution in [0.4, 0.5) is 11.6 Å². The van der Waals surface area contributed by atoms with Crippen LogP contribution in [0.3, 0.4) is 0 Å². The number of amides is 1. The van der Waals surface area contributed by atoms with E-state index in [1.807, 2.05) is 50.2 Å². The number of para-hydroxylation sites is 1. The van der Waals surface area contributed by atoms with Crippen LogP contribution in [0.5, 0.6) is 0 Å². The van der Waals surface area contributed by atoms with Crippen LogP contribution >= 0.6 is 0 Å². The van der Waals surface area contributed by atoms with Gasteiger partial charge in [0.25, 0.3) is 5.56 Å². The van der Waals surface area contributed by atoms with Crippen LogP contribution in [0.25, 0.3) is 10.9 Å². The van der Waals surface area contributed by atoms with Gasteiger partial charge in [-0.2, -0.15) is 5.10 Å². The molecule has 0 aliphatic carbocycles. The Kier molecular flexibility index (Phi) is 7.50. The summed E-state index contributed by atoms with van der Waals surface area (Å²) in [4.78, 5) is 28.9. The van der Waals surface area contributed by atoms with E-state index in [0.717, 1.165) is 5.56 Å². The van der Waals surface area contributed by atoms with Gasteiger partial charge in [-0.25, -0.2) is 10.4 Å². The molecule has 0 aliphatic rings. The molecular weight excluding hydrogens is 394 g/mol. The minimum absolute atomic E-state index is 0.120. The normalized spacial score (nSPS) is 11.5. The van der Waals surface area contributed by atoms with Crippen molar-refractivity contribution in [2.24, 2.45) is 5.10 Å². The number of carbonyl (C=O) groups excluding carboxylic acids is 1. The maximum absolute atomic E-state index is 13.0. The molecular formula is C23H27N5O3. The average Bonchev–Trinajstić information content (AvgIpc) is 2.76. The second kappa shape index (κ2) is 10.5. The lowest BCUT2D eigenvalue weighted by atomic mass is 10.1. The Morgan fingerprint density at radius 3 is 2.74 bits per heavy atom. The molecule has 3 aromatic rings. The third-order valence-electron chi connectivity index (χ3n) is 4.66. The lowest BCUT2D eigenvalue weighted by molar-refractivity contribution is -0.114. The molecule has 0 atom stereocenters. The van der Waals surface area contributed by atoms with Crippen molar-refractivity contribution in [1.82, 2.24) is 9.55 Å². The number of fused-ring (bicyclic) bond motifs is 1. The van der Waals surface area contributed by atoms with E-state index in [1.165, 1.54) is 6.92 Å². The third kappa shape index (κ3) is 5.76. The van der Waals surface area contributed by atoms with Crippen LogP contribution in [0.2, 0.25) is 0 Å². The topological polar surface area (TPSA) is 97.6 Å². The quantitative estimate of drug-likeness (QED) is 0.312. The van der Waals surface area contributed by atoms with Crippen molar-refractivity contribution >= 4 is 34.2 Å². The van der Waals surface area contributed by atoms with E-state index < -0.39 is 0 Å². The lowest BCUT2D eigenvalue weighted by Crippen LogP contribution is -2.25. The van der Waals surface area contributed by atoms with E-state index in [9.17, 15) is 9.59 Å². The first kappa shape index (κ1) is 22.2. The average molecular weight is 422 g/mol. The standard InChI is InChI=1S/C23H27N5O3/c1-4-31-14-8-13-28-22(30)20-11-5-6-12-21(20)25-23(28)27-26-16(2)18-9-7-10-19(15-18)24-17(3)29/h5-7,9-12,15H,4,8,13-14H2,1-3H3,(H,24,29)(H,25,27)/b26-16-. The highest BCUT2D eigenvalue weighted by molar-refractivity contribution is 6.00. The van der Waals surface area contributed by atoms with Crippen LogP contribution in [-0.4, -0.2) is 34.4 Å². The summed E-state index contributed by atoms with van der Waals surface area (Å²) < 4.78 is 6.99. The molecule has 1 amide bonds. The molecule has 31 heavy (non-hydrogen) atoms. The number of hydrazone groups is 1. The second-order valence-corrected chi connectivity index (χ2v) is 7.03. The molecule has 0 spiro atoms. The van der Waals surface area contributed by atoms with E-state index in [1.54, 1.807) is 16.7 Å². The number of hydrogen-bond donors (Lipinski definition) is 2. The number of aromatic nitrogens is 2. The summed E-state index contributed by atoms with van der Waals surface area (Å²) in [6.07, 6.45) is 0.684. The van der Waals surface area contributed by atoms with Crippen molar-refractivity contribution in [2.75, 3.05) is 24.0 Å². The van der Waals surface area contributed by atoms with E-state index in [-0.39, 0.29) is 11.5 Å². The summed E-state index contributed by atoms with van der Waals surface area (Å²) in [5.41, 5.74) is 5.66. The molecule has 0 bridgehead atoms. The monoisotopic (exact) mass is 421 g/mol. The van der Waals surface area contributed by atoms with Crippen LogP contribution < -0.4 is 16.3 Å². The molecule has 8 heteroatoms. The Morgan fingerprint density at radius 1 is 1.16 bits per heavy atom. The minimum atomic E-state index is -0.138. The molecule has 0 saturated carbocycles. The van der Waals surface area contributed by atoms with Crippen LogP contribution in [0, 0.1) is 0 Å².